The Balaban J connectivity index is 1.74. The summed E-state index contributed by atoms with van der Waals surface area (Å²) in [5.74, 6) is 1.15. The van der Waals surface area contributed by atoms with E-state index in [2.05, 4.69) is 10.3 Å². The summed E-state index contributed by atoms with van der Waals surface area (Å²) in [6, 6.07) is 0.502. The number of nitrogens with zero attached hydrogens (tertiary/aromatic N) is 1. The minimum absolute atomic E-state index is 0.0606. The number of aliphatic hydroxyl groups excluding tert-OH is 1. The van der Waals surface area contributed by atoms with Crippen molar-refractivity contribution in [3.05, 3.63) is 0 Å². The van der Waals surface area contributed by atoms with E-state index in [0.29, 0.717) is 6.04 Å². The van der Waals surface area contributed by atoms with Crippen LogP contribution in [0.5, 0.6) is 0 Å². The molecule has 1 aliphatic heterocycles. The van der Waals surface area contributed by atoms with Crippen LogP contribution in [0.4, 0.5) is 0 Å². The first-order valence-electron chi connectivity index (χ1n) is 4.32. The Morgan fingerprint density at radius 1 is 1.45 bits per heavy atom. The molecule has 2 rings (SSSR count). The number of hydrogen-bond acceptors (Lipinski definition) is 3. The molecule has 1 aliphatic carbocycles. The van der Waals surface area contributed by atoms with E-state index in [-0.39, 0.29) is 6.10 Å². The fraction of sp³-hybridized carbons (Fsp3) is 0.875. The van der Waals surface area contributed by atoms with Crippen molar-refractivity contribution in [2.75, 3.05) is 6.54 Å². The van der Waals surface area contributed by atoms with Crippen LogP contribution >= 0.6 is 0 Å². The van der Waals surface area contributed by atoms with Gasteiger partial charge >= 0.3 is 0 Å². The van der Waals surface area contributed by atoms with Gasteiger partial charge in [0, 0.05) is 19.0 Å². The van der Waals surface area contributed by atoms with E-state index in [0.717, 1.165) is 31.6 Å². The normalized spacial score (nSPS) is 36.3. The molecule has 0 aromatic carbocycles. The van der Waals surface area contributed by atoms with E-state index < -0.39 is 0 Å². The molecule has 11 heavy (non-hydrogen) atoms. The van der Waals surface area contributed by atoms with Gasteiger partial charge in [0.15, 0.2) is 0 Å². The Labute approximate surface area is 66.5 Å². The van der Waals surface area contributed by atoms with Crippen LogP contribution < -0.4 is 5.32 Å². The lowest BCUT2D eigenvalue weighted by molar-refractivity contribution is 0.0697. The third-order valence-corrected chi connectivity index (χ3v) is 2.36. The number of hydrogen-bond donors (Lipinski definition) is 2. The largest absolute Gasteiger partial charge is 0.393 e. The summed E-state index contributed by atoms with van der Waals surface area (Å²) >= 11 is 0. The van der Waals surface area contributed by atoms with Gasteiger partial charge in [0.1, 0.15) is 0 Å². The topological polar surface area (TPSA) is 44.6 Å². The lowest BCUT2D eigenvalue weighted by Crippen LogP contribution is -2.46. The second-order valence-electron chi connectivity index (χ2n) is 3.40. The second kappa shape index (κ2) is 2.81. The molecule has 0 atom stereocenters. The van der Waals surface area contributed by atoms with E-state index in [1.165, 1.54) is 6.42 Å². The Hall–Kier alpha value is -0.570. The summed E-state index contributed by atoms with van der Waals surface area (Å²) < 4.78 is 0. The maximum atomic E-state index is 9.01. The molecule has 0 spiro atoms. The summed E-state index contributed by atoms with van der Waals surface area (Å²) in [7, 11) is 0. The predicted molar refractivity (Wildman–Crippen MR) is 43.7 cm³/mol. The van der Waals surface area contributed by atoms with Crippen LogP contribution in [0.25, 0.3) is 0 Å². The van der Waals surface area contributed by atoms with Crippen molar-refractivity contribution in [2.24, 2.45) is 4.99 Å². The first-order valence-corrected chi connectivity index (χ1v) is 4.32. The fourth-order valence-corrected chi connectivity index (χ4v) is 1.60. The molecular formula is C8H14N2O. The average molecular weight is 154 g/mol. The number of aliphatic hydroxyl groups is 1. The molecule has 0 bridgehead atoms. The van der Waals surface area contributed by atoms with Crippen molar-refractivity contribution in [2.45, 2.75) is 37.8 Å². The van der Waals surface area contributed by atoms with Gasteiger partial charge in [0.25, 0.3) is 0 Å². The van der Waals surface area contributed by atoms with Crippen LogP contribution in [-0.4, -0.2) is 29.6 Å². The van der Waals surface area contributed by atoms with Crippen LogP contribution in [0.3, 0.4) is 0 Å². The van der Waals surface area contributed by atoms with E-state index in [1.807, 2.05) is 0 Å². The highest BCUT2D eigenvalue weighted by atomic mass is 16.3. The van der Waals surface area contributed by atoms with Crippen LogP contribution in [0, 0.1) is 0 Å². The van der Waals surface area contributed by atoms with Gasteiger partial charge in [-0.1, -0.05) is 0 Å². The Morgan fingerprint density at radius 3 is 2.82 bits per heavy atom. The lowest BCUT2D eigenvalue weighted by atomic mass is 9.89. The quantitative estimate of drug-likeness (QED) is 0.570. The SMILES string of the molecule is OC1CC(NC2=NCCC2)C1. The minimum Gasteiger partial charge on any atom is -0.393 e. The van der Waals surface area contributed by atoms with E-state index in [1.54, 1.807) is 0 Å². The van der Waals surface area contributed by atoms with Gasteiger partial charge in [-0.15, -0.1) is 0 Å². The van der Waals surface area contributed by atoms with Crippen LogP contribution in [0.1, 0.15) is 25.7 Å². The Kier molecular flexibility index (Phi) is 1.82. The molecular weight excluding hydrogens is 140 g/mol. The molecule has 1 fully saturated rings. The maximum absolute atomic E-state index is 9.01. The zero-order valence-electron chi connectivity index (χ0n) is 6.58. The van der Waals surface area contributed by atoms with Gasteiger partial charge < -0.3 is 10.4 Å². The van der Waals surface area contributed by atoms with Gasteiger partial charge in [-0.25, -0.2) is 0 Å². The standard InChI is InChI=1S/C8H14N2O/c11-7-4-6(5-7)10-8-2-1-3-9-8/h6-7,11H,1-5H2,(H,9,10). The molecule has 2 aliphatic rings. The summed E-state index contributed by atoms with van der Waals surface area (Å²) in [5.41, 5.74) is 0. The highest BCUT2D eigenvalue weighted by molar-refractivity contribution is 5.83. The first kappa shape index (κ1) is 7.10. The Morgan fingerprint density at radius 2 is 2.27 bits per heavy atom. The summed E-state index contributed by atoms with van der Waals surface area (Å²) in [6.45, 7) is 0.984. The fourth-order valence-electron chi connectivity index (χ4n) is 1.60. The molecule has 1 heterocycles. The molecule has 0 amide bonds. The molecule has 0 aromatic rings. The van der Waals surface area contributed by atoms with Gasteiger partial charge in [0.2, 0.25) is 0 Å². The monoisotopic (exact) mass is 154 g/mol. The zero-order valence-corrected chi connectivity index (χ0v) is 6.58. The van der Waals surface area contributed by atoms with Crippen LogP contribution in [-0.2, 0) is 0 Å². The molecule has 0 radical (unpaired) electrons. The number of nitrogens with one attached hydrogen (secondary N) is 1. The smallest absolute Gasteiger partial charge is 0.0965 e. The highest BCUT2D eigenvalue weighted by Gasteiger charge is 2.27. The molecule has 0 unspecified atom stereocenters. The van der Waals surface area contributed by atoms with Gasteiger partial charge in [-0.05, 0) is 19.3 Å². The summed E-state index contributed by atoms with van der Waals surface area (Å²) in [4.78, 5) is 4.31. The lowest BCUT2D eigenvalue weighted by Gasteiger charge is -2.32. The van der Waals surface area contributed by atoms with Crippen molar-refractivity contribution >= 4 is 5.84 Å². The molecule has 1 saturated carbocycles. The van der Waals surface area contributed by atoms with Gasteiger partial charge in [0.05, 0.1) is 11.9 Å². The molecule has 0 saturated heterocycles. The summed E-state index contributed by atoms with van der Waals surface area (Å²) in [6.07, 6.45) is 4.04. The van der Waals surface area contributed by atoms with Crippen molar-refractivity contribution in [1.82, 2.24) is 5.32 Å². The second-order valence-corrected chi connectivity index (χ2v) is 3.40. The maximum Gasteiger partial charge on any atom is 0.0965 e. The van der Waals surface area contributed by atoms with Crippen molar-refractivity contribution < 1.29 is 5.11 Å². The third kappa shape index (κ3) is 1.53. The van der Waals surface area contributed by atoms with Crippen molar-refractivity contribution in [3.63, 3.8) is 0 Å². The molecule has 0 aromatic heterocycles. The minimum atomic E-state index is -0.0606. The molecule has 2 N–H and O–H groups in total. The van der Waals surface area contributed by atoms with E-state index >= 15 is 0 Å². The molecule has 3 nitrogen and oxygen atoms in total. The van der Waals surface area contributed by atoms with E-state index in [9.17, 15) is 0 Å². The van der Waals surface area contributed by atoms with Crippen LogP contribution in [0.15, 0.2) is 4.99 Å². The zero-order chi connectivity index (χ0) is 7.68. The predicted octanol–water partition coefficient (Wildman–Crippen LogP) is 0.292. The van der Waals surface area contributed by atoms with Gasteiger partial charge in [-0.2, -0.15) is 0 Å². The number of rotatable bonds is 1. The Bertz CT molecular complexity index is 173. The molecule has 62 valence electrons. The third-order valence-electron chi connectivity index (χ3n) is 2.36. The van der Waals surface area contributed by atoms with Crippen molar-refractivity contribution in [3.8, 4) is 0 Å². The van der Waals surface area contributed by atoms with Crippen molar-refractivity contribution in [1.29, 1.82) is 0 Å². The van der Waals surface area contributed by atoms with Crippen LogP contribution in [0.2, 0.25) is 0 Å². The summed E-state index contributed by atoms with van der Waals surface area (Å²) in [5, 5.41) is 12.3. The number of aliphatic imine (C=N–C) groups is 1. The highest BCUT2D eigenvalue weighted by Crippen LogP contribution is 2.20. The first-order chi connectivity index (χ1) is 5.34. The van der Waals surface area contributed by atoms with Gasteiger partial charge in [-0.3, -0.25) is 4.99 Å². The van der Waals surface area contributed by atoms with E-state index in [4.69, 9.17) is 5.11 Å². The number of amidine groups is 1. The molecule has 3 heteroatoms. The average Bonchev–Trinajstić information content (AvgIpc) is 2.36.